The summed E-state index contributed by atoms with van der Waals surface area (Å²) in [6.45, 7) is 2.12. The van der Waals surface area contributed by atoms with E-state index in [1.54, 1.807) is 17.7 Å². The third-order valence-corrected chi connectivity index (χ3v) is 3.17. The molecule has 1 aromatic heterocycles. The zero-order valence-electron chi connectivity index (χ0n) is 11.2. The predicted molar refractivity (Wildman–Crippen MR) is 71.3 cm³/mol. The molecule has 2 aromatic rings. The van der Waals surface area contributed by atoms with E-state index in [1.807, 2.05) is 0 Å². The van der Waals surface area contributed by atoms with Crippen LogP contribution in [-0.2, 0) is 6.54 Å². The molecule has 1 atom stereocenters. The van der Waals surface area contributed by atoms with E-state index < -0.39 is 17.6 Å². The van der Waals surface area contributed by atoms with Crippen LogP contribution in [-0.4, -0.2) is 28.0 Å². The minimum absolute atomic E-state index is 0.0863. The van der Waals surface area contributed by atoms with Crippen LogP contribution in [0, 0.1) is 18.6 Å². The van der Waals surface area contributed by atoms with Crippen molar-refractivity contribution in [2.24, 2.45) is 5.73 Å². The lowest BCUT2D eigenvalue weighted by Crippen LogP contribution is -2.20. The average Bonchev–Trinajstić information content (AvgIpc) is 2.76. The molecule has 0 bridgehead atoms. The van der Waals surface area contributed by atoms with E-state index in [2.05, 4.69) is 5.10 Å². The van der Waals surface area contributed by atoms with Crippen LogP contribution in [0.2, 0.25) is 0 Å². The van der Waals surface area contributed by atoms with Crippen LogP contribution in [0.3, 0.4) is 0 Å². The van der Waals surface area contributed by atoms with Crippen molar-refractivity contribution in [2.75, 3.05) is 13.2 Å². The van der Waals surface area contributed by atoms with Gasteiger partial charge in [0.2, 0.25) is 0 Å². The molecule has 0 aliphatic rings. The Morgan fingerprint density at radius 3 is 2.75 bits per heavy atom. The van der Waals surface area contributed by atoms with Gasteiger partial charge in [0.1, 0.15) is 11.6 Å². The summed E-state index contributed by atoms with van der Waals surface area (Å²) < 4.78 is 28.8. The molecule has 0 spiro atoms. The van der Waals surface area contributed by atoms with Gasteiger partial charge in [0.15, 0.2) is 0 Å². The minimum Gasteiger partial charge on any atom is -0.394 e. The number of hydrogen-bond acceptors (Lipinski definition) is 3. The number of aliphatic hydroxyl groups is 1. The molecule has 0 aliphatic heterocycles. The fraction of sp³-hybridized carbons (Fsp3) is 0.357. The lowest BCUT2D eigenvalue weighted by atomic mass is 9.94. The summed E-state index contributed by atoms with van der Waals surface area (Å²) in [7, 11) is 0. The Labute approximate surface area is 115 Å². The van der Waals surface area contributed by atoms with E-state index in [1.165, 1.54) is 0 Å². The fourth-order valence-corrected chi connectivity index (χ4v) is 2.31. The quantitative estimate of drug-likeness (QED) is 0.874. The van der Waals surface area contributed by atoms with Crippen LogP contribution in [0.1, 0.15) is 22.9 Å². The number of aryl methyl sites for hydroxylation is 1. The van der Waals surface area contributed by atoms with Crippen molar-refractivity contribution < 1.29 is 13.9 Å². The third-order valence-electron chi connectivity index (χ3n) is 3.17. The number of nitrogens with zero attached hydrogens (tertiary/aromatic N) is 2. The van der Waals surface area contributed by atoms with Crippen LogP contribution in [0.25, 0.3) is 0 Å². The lowest BCUT2D eigenvalue weighted by Gasteiger charge is -2.17. The molecular weight excluding hydrogens is 264 g/mol. The Bertz CT molecular complexity index is 598. The average molecular weight is 281 g/mol. The molecule has 2 rings (SSSR count). The first kappa shape index (κ1) is 14.6. The van der Waals surface area contributed by atoms with Crippen LogP contribution < -0.4 is 5.73 Å². The van der Waals surface area contributed by atoms with Gasteiger partial charge in [-0.2, -0.15) is 5.10 Å². The van der Waals surface area contributed by atoms with Gasteiger partial charge in [-0.1, -0.05) is 0 Å². The SMILES string of the molecule is Cc1cc(C(CN)c2cc(F)ccc2F)n(CCO)n1. The van der Waals surface area contributed by atoms with Gasteiger partial charge < -0.3 is 10.8 Å². The predicted octanol–water partition coefficient (Wildman–Crippen LogP) is 1.55. The molecule has 0 saturated heterocycles. The first-order valence-electron chi connectivity index (χ1n) is 6.37. The Kier molecular flexibility index (Phi) is 4.46. The van der Waals surface area contributed by atoms with E-state index in [-0.39, 0.29) is 25.3 Å². The van der Waals surface area contributed by atoms with Crippen LogP contribution in [0.5, 0.6) is 0 Å². The Balaban J connectivity index is 2.49. The molecule has 3 N–H and O–H groups in total. The number of aromatic nitrogens is 2. The standard InChI is InChI=1S/C14H17F2N3O/c1-9-6-14(19(18-9)4-5-20)12(8-17)11-7-10(15)2-3-13(11)16/h2-3,6-7,12,20H,4-5,8,17H2,1H3. The molecule has 0 saturated carbocycles. The van der Waals surface area contributed by atoms with Crippen LogP contribution >= 0.6 is 0 Å². The van der Waals surface area contributed by atoms with Gasteiger partial charge in [0.25, 0.3) is 0 Å². The maximum atomic E-state index is 13.9. The second-order valence-corrected chi connectivity index (χ2v) is 4.61. The number of halogens is 2. The Hall–Kier alpha value is -1.79. The number of rotatable bonds is 5. The zero-order valence-corrected chi connectivity index (χ0v) is 11.2. The third kappa shape index (κ3) is 2.86. The Morgan fingerprint density at radius 2 is 2.10 bits per heavy atom. The van der Waals surface area contributed by atoms with Crippen molar-refractivity contribution in [3.8, 4) is 0 Å². The molecule has 1 heterocycles. The molecule has 0 amide bonds. The highest BCUT2D eigenvalue weighted by molar-refractivity contribution is 5.32. The molecule has 6 heteroatoms. The van der Waals surface area contributed by atoms with Gasteiger partial charge in [0.05, 0.1) is 18.8 Å². The van der Waals surface area contributed by atoms with Crippen molar-refractivity contribution >= 4 is 0 Å². The van der Waals surface area contributed by atoms with Gasteiger partial charge >= 0.3 is 0 Å². The molecule has 1 unspecified atom stereocenters. The molecule has 0 radical (unpaired) electrons. The number of benzene rings is 1. The summed E-state index contributed by atoms with van der Waals surface area (Å²) in [6.07, 6.45) is 0. The summed E-state index contributed by atoms with van der Waals surface area (Å²) in [5, 5.41) is 13.3. The molecule has 20 heavy (non-hydrogen) atoms. The van der Waals surface area contributed by atoms with E-state index >= 15 is 0 Å². The lowest BCUT2D eigenvalue weighted by molar-refractivity contribution is 0.266. The molecule has 108 valence electrons. The van der Waals surface area contributed by atoms with Gasteiger partial charge in [0, 0.05) is 23.7 Å². The molecular formula is C14H17F2N3O. The fourth-order valence-electron chi connectivity index (χ4n) is 2.31. The van der Waals surface area contributed by atoms with E-state index in [4.69, 9.17) is 10.8 Å². The summed E-state index contributed by atoms with van der Waals surface area (Å²) in [5.41, 5.74) is 7.35. The van der Waals surface area contributed by atoms with Crippen LogP contribution in [0.4, 0.5) is 8.78 Å². The van der Waals surface area contributed by atoms with Crippen molar-refractivity contribution in [1.29, 1.82) is 0 Å². The zero-order chi connectivity index (χ0) is 14.7. The second kappa shape index (κ2) is 6.11. The van der Waals surface area contributed by atoms with Crippen molar-refractivity contribution in [1.82, 2.24) is 9.78 Å². The minimum atomic E-state index is -0.509. The first-order valence-corrected chi connectivity index (χ1v) is 6.37. The summed E-state index contributed by atoms with van der Waals surface area (Å²) in [4.78, 5) is 0. The Morgan fingerprint density at radius 1 is 1.35 bits per heavy atom. The van der Waals surface area contributed by atoms with E-state index in [0.717, 1.165) is 23.9 Å². The number of nitrogens with two attached hydrogens (primary N) is 1. The van der Waals surface area contributed by atoms with Gasteiger partial charge in [-0.3, -0.25) is 4.68 Å². The molecule has 0 aliphatic carbocycles. The topological polar surface area (TPSA) is 64.1 Å². The summed E-state index contributed by atoms with van der Waals surface area (Å²) >= 11 is 0. The molecule has 4 nitrogen and oxygen atoms in total. The van der Waals surface area contributed by atoms with Gasteiger partial charge in [-0.05, 0) is 31.2 Å². The number of aliphatic hydroxyl groups excluding tert-OH is 1. The monoisotopic (exact) mass is 281 g/mol. The maximum Gasteiger partial charge on any atom is 0.127 e. The molecule has 1 aromatic carbocycles. The first-order chi connectivity index (χ1) is 9.56. The number of hydrogen-bond donors (Lipinski definition) is 2. The van der Waals surface area contributed by atoms with Crippen molar-refractivity contribution in [3.63, 3.8) is 0 Å². The highest BCUT2D eigenvalue weighted by atomic mass is 19.1. The summed E-state index contributed by atoms with van der Waals surface area (Å²) in [5.74, 6) is -1.51. The summed E-state index contributed by atoms with van der Waals surface area (Å²) in [6, 6.07) is 5.09. The second-order valence-electron chi connectivity index (χ2n) is 4.61. The van der Waals surface area contributed by atoms with Gasteiger partial charge in [-0.25, -0.2) is 8.78 Å². The largest absolute Gasteiger partial charge is 0.394 e. The normalized spacial score (nSPS) is 12.7. The van der Waals surface area contributed by atoms with E-state index in [0.29, 0.717) is 5.69 Å². The van der Waals surface area contributed by atoms with Gasteiger partial charge in [-0.15, -0.1) is 0 Å². The van der Waals surface area contributed by atoms with Crippen LogP contribution in [0.15, 0.2) is 24.3 Å². The van der Waals surface area contributed by atoms with Crippen molar-refractivity contribution in [2.45, 2.75) is 19.4 Å². The smallest absolute Gasteiger partial charge is 0.127 e. The highest BCUT2D eigenvalue weighted by Crippen LogP contribution is 2.27. The van der Waals surface area contributed by atoms with Crippen molar-refractivity contribution in [3.05, 3.63) is 52.9 Å². The highest BCUT2D eigenvalue weighted by Gasteiger charge is 2.21. The maximum absolute atomic E-state index is 13.9. The molecule has 0 fully saturated rings. The van der Waals surface area contributed by atoms with E-state index in [9.17, 15) is 8.78 Å².